The maximum Gasteiger partial charge on any atom is 0.0713 e. The molecular weight excluding hydrogens is 468 g/mol. The zero-order chi connectivity index (χ0) is 26.3. The van der Waals surface area contributed by atoms with Crippen LogP contribution in [0.3, 0.4) is 0 Å². The van der Waals surface area contributed by atoms with E-state index in [1.54, 1.807) is 0 Å². The molecule has 0 heteroatoms. The Bertz CT molecular complexity index is 1630. The Labute approximate surface area is 234 Å². The number of rotatable bonds is 5. The molecule has 0 radical (unpaired) electrons. The summed E-state index contributed by atoms with van der Waals surface area (Å²) in [4.78, 5) is 0. The van der Waals surface area contributed by atoms with E-state index in [4.69, 9.17) is 0 Å². The van der Waals surface area contributed by atoms with Gasteiger partial charge in [0.1, 0.15) is 0 Å². The lowest BCUT2D eigenvalue weighted by Gasteiger charge is -2.34. The average Bonchev–Trinajstić information content (AvgIpc) is 3.24. The molecule has 0 heterocycles. The quantitative estimate of drug-likeness (QED) is 0.219. The molecule has 0 saturated heterocycles. The fourth-order valence-electron chi connectivity index (χ4n) is 6.23. The van der Waals surface area contributed by atoms with Gasteiger partial charge < -0.3 is 0 Å². The molecule has 0 spiro atoms. The number of hydrogen-bond acceptors (Lipinski definition) is 0. The van der Waals surface area contributed by atoms with E-state index in [1.807, 2.05) is 6.08 Å². The van der Waals surface area contributed by atoms with Crippen molar-refractivity contribution in [2.24, 2.45) is 0 Å². The van der Waals surface area contributed by atoms with Crippen LogP contribution in [0.25, 0.3) is 34.4 Å². The number of benzene rings is 5. The fraction of sp³-hybridized carbons (Fsp3) is 0.128. The summed E-state index contributed by atoms with van der Waals surface area (Å²) in [5.74, 6) is 0. The van der Waals surface area contributed by atoms with Crippen molar-refractivity contribution in [2.75, 3.05) is 0 Å². The minimum absolute atomic E-state index is 0. The number of fused-ring (bicyclic) bond motifs is 3. The Hall–Kier alpha value is -4.42. The molecule has 0 bridgehead atoms. The molecule has 192 valence electrons. The van der Waals surface area contributed by atoms with Gasteiger partial charge in [-0.2, -0.15) is 0 Å². The topological polar surface area (TPSA) is 0 Å². The Kier molecular flexibility index (Phi) is 6.98. The summed E-state index contributed by atoms with van der Waals surface area (Å²) >= 11 is 0. The van der Waals surface area contributed by atoms with E-state index in [2.05, 4.69) is 149 Å². The van der Waals surface area contributed by atoms with Crippen molar-refractivity contribution in [3.8, 4) is 22.3 Å². The smallest absolute Gasteiger partial charge is 0.0713 e. The van der Waals surface area contributed by atoms with E-state index in [0.29, 0.717) is 0 Å². The van der Waals surface area contributed by atoms with Gasteiger partial charge in [0.2, 0.25) is 0 Å². The van der Waals surface area contributed by atoms with Gasteiger partial charge >= 0.3 is 0 Å². The summed E-state index contributed by atoms with van der Waals surface area (Å²) in [6, 6.07) is 40.7. The highest BCUT2D eigenvalue weighted by Crippen LogP contribution is 2.56. The molecule has 0 atom stereocenters. The molecule has 0 aliphatic heterocycles. The predicted molar refractivity (Wildman–Crippen MR) is 170 cm³/mol. The minimum atomic E-state index is -0.404. The average molecular weight is 505 g/mol. The summed E-state index contributed by atoms with van der Waals surface area (Å²) in [6.45, 7) is 10.5. The first-order chi connectivity index (χ1) is 18.6. The first-order valence-electron chi connectivity index (χ1n) is 13.3. The van der Waals surface area contributed by atoms with Gasteiger partial charge in [-0.15, -0.1) is 0 Å². The molecule has 0 amide bonds. The summed E-state index contributed by atoms with van der Waals surface area (Å²) < 4.78 is 0. The second-order valence-corrected chi connectivity index (χ2v) is 10.3. The largest absolute Gasteiger partial charge is 0.0984 e. The number of aryl methyl sites for hydroxylation is 2. The lowest BCUT2D eigenvalue weighted by atomic mass is 9.67. The van der Waals surface area contributed by atoms with Gasteiger partial charge in [0, 0.05) is 0 Å². The van der Waals surface area contributed by atoms with Crippen LogP contribution in [0.5, 0.6) is 0 Å². The predicted octanol–water partition coefficient (Wildman–Crippen LogP) is 10.6. The van der Waals surface area contributed by atoms with Gasteiger partial charge in [-0.25, -0.2) is 0 Å². The molecule has 0 N–H and O–H groups in total. The second kappa shape index (κ2) is 10.4. The Morgan fingerprint density at radius 1 is 0.615 bits per heavy atom. The standard InChI is InChI=1S/C38H32.CH4/c1-5-10-28-11-9-13-33(32(28)6-2)29-19-24-35-34-12-7-8-14-36(34)38(37(35)25-29,30-20-15-26(3)16-21-30)31-22-17-27(4)18-23-31;/h5-25H,2H2,1,3-4H3;1H4/b10-5-;. The van der Waals surface area contributed by atoms with Gasteiger partial charge in [-0.05, 0) is 82.5 Å². The highest BCUT2D eigenvalue weighted by molar-refractivity contribution is 5.90. The van der Waals surface area contributed by atoms with Gasteiger partial charge in [-0.3, -0.25) is 0 Å². The van der Waals surface area contributed by atoms with E-state index in [9.17, 15) is 0 Å². The lowest BCUT2D eigenvalue weighted by molar-refractivity contribution is 0.768. The maximum atomic E-state index is 4.17. The SMILES string of the molecule is C.C=Cc1c(/C=C\C)cccc1-c1ccc2c(c1)C(c1ccc(C)cc1)(c1ccc(C)cc1)c1ccccc1-2. The van der Waals surface area contributed by atoms with Crippen molar-refractivity contribution in [3.05, 3.63) is 166 Å². The van der Waals surface area contributed by atoms with Crippen LogP contribution >= 0.6 is 0 Å². The molecule has 39 heavy (non-hydrogen) atoms. The van der Waals surface area contributed by atoms with Gasteiger partial charge in [0.25, 0.3) is 0 Å². The zero-order valence-corrected chi connectivity index (χ0v) is 22.3. The molecule has 0 aromatic heterocycles. The Morgan fingerprint density at radius 2 is 1.21 bits per heavy atom. The van der Waals surface area contributed by atoms with Gasteiger partial charge in [0.15, 0.2) is 0 Å². The van der Waals surface area contributed by atoms with E-state index >= 15 is 0 Å². The van der Waals surface area contributed by atoms with Crippen LogP contribution in [-0.2, 0) is 5.41 Å². The Balaban J connectivity index is 0.00000308. The van der Waals surface area contributed by atoms with Crippen molar-refractivity contribution in [3.63, 3.8) is 0 Å². The third kappa shape index (κ3) is 4.08. The third-order valence-corrected chi connectivity index (χ3v) is 8.02. The number of allylic oxidation sites excluding steroid dienone is 1. The van der Waals surface area contributed by atoms with Gasteiger partial charge in [0.05, 0.1) is 5.41 Å². The maximum absolute atomic E-state index is 4.17. The van der Waals surface area contributed by atoms with Crippen molar-refractivity contribution in [1.29, 1.82) is 0 Å². The molecule has 1 aliphatic rings. The second-order valence-electron chi connectivity index (χ2n) is 10.3. The molecule has 0 unspecified atom stereocenters. The lowest BCUT2D eigenvalue weighted by Crippen LogP contribution is -2.28. The first kappa shape index (κ1) is 26.2. The first-order valence-corrected chi connectivity index (χ1v) is 13.3. The van der Waals surface area contributed by atoms with Crippen molar-refractivity contribution >= 4 is 12.2 Å². The molecule has 0 nitrogen and oxygen atoms in total. The van der Waals surface area contributed by atoms with E-state index in [0.717, 1.165) is 5.56 Å². The van der Waals surface area contributed by atoms with Crippen LogP contribution in [0.4, 0.5) is 0 Å². The van der Waals surface area contributed by atoms with E-state index in [1.165, 1.54) is 61.2 Å². The van der Waals surface area contributed by atoms with Crippen molar-refractivity contribution in [2.45, 2.75) is 33.6 Å². The molecule has 0 fully saturated rings. The van der Waals surface area contributed by atoms with Crippen LogP contribution in [-0.4, -0.2) is 0 Å². The van der Waals surface area contributed by atoms with E-state index < -0.39 is 5.41 Å². The van der Waals surface area contributed by atoms with Crippen molar-refractivity contribution < 1.29 is 0 Å². The molecule has 5 aromatic carbocycles. The monoisotopic (exact) mass is 504 g/mol. The van der Waals surface area contributed by atoms with Crippen LogP contribution in [0.15, 0.2) is 122 Å². The van der Waals surface area contributed by atoms with Crippen LogP contribution in [0.2, 0.25) is 0 Å². The summed E-state index contributed by atoms with van der Waals surface area (Å²) in [5, 5.41) is 0. The summed E-state index contributed by atoms with van der Waals surface area (Å²) in [5.41, 5.74) is 14.8. The van der Waals surface area contributed by atoms with Gasteiger partial charge in [-0.1, -0.05) is 146 Å². The number of hydrogen-bond donors (Lipinski definition) is 0. The normalized spacial score (nSPS) is 13.0. The minimum Gasteiger partial charge on any atom is -0.0984 e. The van der Waals surface area contributed by atoms with E-state index in [-0.39, 0.29) is 7.43 Å². The third-order valence-electron chi connectivity index (χ3n) is 8.02. The summed E-state index contributed by atoms with van der Waals surface area (Å²) in [7, 11) is 0. The summed E-state index contributed by atoms with van der Waals surface area (Å²) in [6.07, 6.45) is 6.23. The van der Waals surface area contributed by atoms with Crippen LogP contribution in [0, 0.1) is 13.8 Å². The zero-order valence-electron chi connectivity index (χ0n) is 22.3. The van der Waals surface area contributed by atoms with Crippen LogP contribution in [0.1, 0.15) is 58.9 Å². The molecule has 5 aromatic rings. The fourth-order valence-corrected chi connectivity index (χ4v) is 6.23. The molecule has 6 rings (SSSR count). The highest BCUT2D eigenvalue weighted by Gasteiger charge is 2.46. The van der Waals surface area contributed by atoms with Crippen LogP contribution < -0.4 is 0 Å². The molecule has 1 aliphatic carbocycles. The molecular formula is C39H36. The van der Waals surface area contributed by atoms with Crippen molar-refractivity contribution in [1.82, 2.24) is 0 Å². The molecule has 0 saturated carbocycles. The Morgan fingerprint density at radius 3 is 1.82 bits per heavy atom. The highest BCUT2D eigenvalue weighted by atomic mass is 14.5.